The van der Waals surface area contributed by atoms with Gasteiger partial charge in [-0.3, -0.25) is 9.69 Å². The molecule has 1 aliphatic rings. The highest BCUT2D eigenvalue weighted by Gasteiger charge is 2.26. The Morgan fingerprint density at radius 1 is 1.24 bits per heavy atom. The number of ether oxygens (including phenoxy) is 1. The summed E-state index contributed by atoms with van der Waals surface area (Å²) in [5.41, 5.74) is 0.637. The summed E-state index contributed by atoms with van der Waals surface area (Å²) in [5, 5.41) is 3.03. The summed E-state index contributed by atoms with van der Waals surface area (Å²) in [5.74, 6) is 1.61. The fourth-order valence-corrected chi connectivity index (χ4v) is 3.10. The Morgan fingerprint density at radius 3 is 2.56 bits per heavy atom. The van der Waals surface area contributed by atoms with Crippen LogP contribution in [-0.4, -0.2) is 37.0 Å². The van der Waals surface area contributed by atoms with Gasteiger partial charge in [0.2, 0.25) is 0 Å². The van der Waals surface area contributed by atoms with Gasteiger partial charge in [-0.05, 0) is 69.3 Å². The van der Waals surface area contributed by atoms with Gasteiger partial charge in [-0.25, -0.2) is 0 Å². The van der Waals surface area contributed by atoms with E-state index in [1.165, 1.54) is 12.8 Å². The Labute approximate surface area is 154 Å². The molecule has 1 atom stereocenters. The van der Waals surface area contributed by atoms with E-state index < -0.39 is 0 Å². The molecule has 1 aliphatic heterocycles. The van der Waals surface area contributed by atoms with E-state index in [1.54, 1.807) is 18.4 Å². The van der Waals surface area contributed by atoms with Crippen molar-refractivity contribution in [2.75, 3.05) is 26.2 Å². The molecule has 1 unspecified atom stereocenters. The van der Waals surface area contributed by atoms with Crippen LogP contribution in [-0.2, 0) is 0 Å². The lowest BCUT2D eigenvalue weighted by molar-refractivity contribution is 0.0933. The molecule has 1 aromatic heterocycles. The van der Waals surface area contributed by atoms with Gasteiger partial charge in [0.05, 0.1) is 18.9 Å². The van der Waals surface area contributed by atoms with E-state index in [1.807, 2.05) is 31.2 Å². The van der Waals surface area contributed by atoms with Gasteiger partial charge >= 0.3 is 0 Å². The van der Waals surface area contributed by atoms with Crippen LogP contribution in [0.1, 0.15) is 41.9 Å². The first kappa shape index (κ1) is 19.3. The summed E-state index contributed by atoms with van der Waals surface area (Å²) < 4.78 is 11.0. The number of benzene rings is 1. The van der Waals surface area contributed by atoms with Crippen LogP contribution in [0.25, 0.3) is 0 Å². The van der Waals surface area contributed by atoms with Crippen LogP contribution in [0.5, 0.6) is 5.75 Å². The maximum atomic E-state index is 12.4. The molecule has 5 nitrogen and oxygen atoms in total. The SMILES string of the molecule is CCOc1ccc(C(=O)NCC(c2ccco2)N2CCCC2)cc1.Cl. The Bertz CT molecular complexity index is 637. The van der Waals surface area contributed by atoms with Gasteiger partial charge < -0.3 is 14.5 Å². The highest BCUT2D eigenvalue weighted by Crippen LogP contribution is 2.25. The molecular weight excluding hydrogens is 340 g/mol. The van der Waals surface area contributed by atoms with Gasteiger partial charge in [-0.1, -0.05) is 0 Å². The van der Waals surface area contributed by atoms with Crippen molar-refractivity contribution < 1.29 is 13.9 Å². The molecular formula is C19H25ClN2O3. The number of rotatable bonds is 7. The summed E-state index contributed by atoms with van der Waals surface area (Å²) in [6.07, 6.45) is 4.08. The van der Waals surface area contributed by atoms with Crippen LogP contribution < -0.4 is 10.1 Å². The fraction of sp³-hybridized carbons (Fsp3) is 0.421. The van der Waals surface area contributed by atoms with Crippen molar-refractivity contribution in [3.05, 3.63) is 54.0 Å². The quantitative estimate of drug-likeness (QED) is 0.814. The second kappa shape index (κ2) is 9.49. The van der Waals surface area contributed by atoms with E-state index in [9.17, 15) is 4.79 Å². The number of carbonyl (C=O) groups excluding carboxylic acids is 1. The van der Waals surface area contributed by atoms with E-state index in [4.69, 9.17) is 9.15 Å². The van der Waals surface area contributed by atoms with Crippen molar-refractivity contribution in [1.82, 2.24) is 10.2 Å². The number of furan rings is 1. The van der Waals surface area contributed by atoms with Crippen LogP contribution in [0.4, 0.5) is 0 Å². The summed E-state index contributed by atoms with van der Waals surface area (Å²) in [6.45, 7) is 5.19. The van der Waals surface area contributed by atoms with Crippen LogP contribution in [0.15, 0.2) is 47.1 Å². The molecule has 0 aliphatic carbocycles. The Kier molecular flexibility index (Phi) is 7.34. The number of likely N-dealkylation sites (tertiary alicyclic amines) is 1. The number of amides is 1. The van der Waals surface area contributed by atoms with Crippen LogP contribution >= 0.6 is 12.4 Å². The van der Waals surface area contributed by atoms with Crippen molar-refractivity contribution in [3.63, 3.8) is 0 Å². The van der Waals surface area contributed by atoms with E-state index in [2.05, 4.69) is 10.2 Å². The molecule has 1 saturated heterocycles. The van der Waals surface area contributed by atoms with Crippen molar-refractivity contribution >= 4 is 18.3 Å². The average Bonchev–Trinajstić information content (AvgIpc) is 3.30. The minimum absolute atomic E-state index is 0. The molecule has 1 N–H and O–H groups in total. The lowest BCUT2D eigenvalue weighted by atomic mass is 10.1. The van der Waals surface area contributed by atoms with Crippen molar-refractivity contribution in [2.45, 2.75) is 25.8 Å². The highest BCUT2D eigenvalue weighted by molar-refractivity contribution is 5.94. The van der Waals surface area contributed by atoms with E-state index >= 15 is 0 Å². The lowest BCUT2D eigenvalue weighted by Gasteiger charge is -2.26. The second-order valence-corrected chi connectivity index (χ2v) is 5.94. The topological polar surface area (TPSA) is 54.7 Å². The highest BCUT2D eigenvalue weighted by atomic mass is 35.5. The number of nitrogens with one attached hydrogen (secondary N) is 1. The van der Waals surface area contributed by atoms with Crippen LogP contribution in [0.3, 0.4) is 0 Å². The zero-order chi connectivity index (χ0) is 16.8. The summed E-state index contributed by atoms with van der Waals surface area (Å²) in [6, 6.07) is 11.2. The third-order valence-corrected chi connectivity index (χ3v) is 4.34. The molecule has 1 amide bonds. The molecule has 3 rings (SSSR count). The Morgan fingerprint density at radius 2 is 1.96 bits per heavy atom. The normalized spacial score (nSPS) is 15.4. The summed E-state index contributed by atoms with van der Waals surface area (Å²) >= 11 is 0. The standard InChI is InChI=1S/C19H24N2O3.ClH/c1-2-23-16-9-7-15(8-10-16)19(22)20-14-17(18-6-5-13-24-18)21-11-3-4-12-21;/h5-10,13,17H,2-4,11-12,14H2,1H3,(H,20,22);1H. The third kappa shape index (κ3) is 5.00. The largest absolute Gasteiger partial charge is 0.494 e. The first-order chi connectivity index (χ1) is 11.8. The molecule has 0 radical (unpaired) electrons. The minimum Gasteiger partial charge on any atom is -0.494 e. The number of carbonyl (C=O) groups is 1. The molecule has 0 bridgehead atoms. The molecule has 1 aromatic carbocycles. The molecule has 1 fully saturated rings. The van der Waals surface area contributed by atoms with Gasteiger partial charge in [-0.2, -0.15) is 0 Å². The van der Waals surface area contributed by atoms with E-state index in [0.29, 0.717) is 18.7 Å². The first-order valence-electron chi connectivity index (χ1n) is 8.56. The number of halogens is 1. The zero-order valence-electron chi connectivity index (χ0n) is 14.4. The molecule has 6 heteroatoms. The maximum Gasteiger partial charge on any atom is 0.251 e. The average molecular weight is 365 g/mol. The minimum atomic E-state index is -0.0752. The number of hydrogen-bond acceptors (Lipinski definition) is 4. The van der Waals surface area contributed by atoms with E-state index in [-0.39, 0.29) is 24.4 Å². The van der Waals surface area contributed by atoms with Gasteiger partial charge in [0.1, 0.15) is 11.5 Å². The molecule has 0 saturated carbocycles. The summed E-state index contributed by atoms with van der Waals surface area (Å²) in [7, 11) is 0. The Hall–Kier alpha value is -1.98. The monoisotopic (exact) mass is 364 g/mol. The first-order valence-corrected chi connectivity index (χ1v) is 8.56. The van der Waals surface area contributed by atoms with Crippen molar-refractivity contribution in [3.8, 4) is 5.75 Å². The van der Waals surface area contributed by atoms with Gasteiger partial charge in [0.25, 0.3) is 5.91 Å². The van der Waals surface area contributed by atoms with Gasteiger partial charge in [-0.15, -0.1) is 12.4 Å². The fourth-order valence-electron chi connectivity index (χ4n) is 3.10. The summed E-state index contributed by atoms with van der Waals surface area (Å²) in [4.78, 5) is 14.8. The number of hydrogen-bond donors (Lipinski definition) is 1. The van der Waals surface area contributed by atoms with Crippen LogP contribution in [0.2, 0.25) is 0 Å². The Balaban J connectivity index is 0.00000225. The zero-order valence-corrected chi connectivity index (χ0v) is 15.3. The third-order valence-electron chi connectivity index (χ3n) is 4.34. The van der Waals surface area contributed by atoms with Crippen LogP contribution in [0, 0.1) is 0 Å². The molecule has 0 spiro atoms. The molecule has 25 heavy (non-hydrogen) atoms. The van der Waals surface area contributed by atoms with Gasteiger partial charge in [0.15, 0.2) is 0 Å². The predicted molar refractivity (Wildman–Crippen MR) is 99.4 cm³/mol. The smallest absolute Gasteiger partial charge is 0.251 e. The predicted octanol–water partition coefficient (Wildman–Crippen LogP) is 3.67. The van der Waals surface area contributed by atoms with Crippen molar-refractivity contribution in [1.29, 1.82) is 0 Å². The molecule has 136 valence electrons. The lowest BCUT2D eigenvalue weighted by Crippen LogP contribution is -2.36. The number of nitrogens with zero attached hydrogens (tertiary/aromatic N) is 1. The second-order valence-electron chi connectivity index (χ2n) is 5.94. The molecule has 2 heterocycles. The maximum absolute atomic E-state index is 12.4. The van der Waals surface area contributed by atoms with E-state index in [0.717, 1.165) is 24.6 Å². The van der Waals surface area contributed by atoms with Gasteiger partial charge in [0, 0.05) is 12.1 Å². The van der Waals surface area contributed by atoms with Crippen molar-refractivity contribution in [2.24, 2.45) is 0 Å². The molecule has 2 aromatic rings.